The first kappa shape index (κ1) is 17.7. The van der Waals surface area contributed by atoms with Crippen molar-refractivity contribution in [2.75, 3.05) is 20.3 Å². The lowest BCUT2D eigenvalue weighted by Gasteiger charge is -2.09. The van der Waals surface area contributed by atoms with Crippen LogP contribution < -0.4 is 10.5 Å². The van der Waals surface area contributed by atoms with Crippen LogP contribution in [0, 0.1) is 0 Å². The van der Waals surface area contributed by atoms with E-state index in [0.717, 1.165) is 19.3 Å². The van der Waals surface area contributed by atoms with Gasteiger partial charge < -0.3 is 14.6 Å². The summed E-state index contributed by atoms with van der Waals surface area (Å²) in [5.41, 5.74) is 0.271. The van der Waals surface area contributed by atoms with Gasteiger partial charge in [-0.05, 0) is 12.5 Å². The number of nitrogens with zero attached hydrogens (tertiary/aromatic N) is 1. The smallest absolute Gasteiger partial charge is 0.267 e. The van der Waals surface area contributed by atoms with Gasteiger partial charge in [-0.15, -0.1) is 0 Å². The number of hydrogen-bond donors (Lipinski definition) is 2. The minimum absolute atomic E-state index is 0.0719. The minimum atomic E-state index is -3.83. The molecule has 7 nitrogen and oxygen atoms in total. The van der Waals surface area contributed by atoms with Crippen LogP contribution in [0.1, 0.15) is 36.7 Å². The van der Waals surface area contributed by atoms with Gasteiger partial charge in [-0.1, -0.05) is 19.8 Å². The molecule has 0 aliphatic rings. The molecule has 3 N–H and O–H groups in total. The van der Waals surface area contributed by atoms with Crippen LogP contribution in [0.3, 0.4) is 0 Å². The number of sulfonamides is 1. The number of primary sulfonamides is 1. The van der Waals surface area contributed by atoms with Crippen LogP contribution in [0.25, 0.3) is 0 Å². The van der Waals surface area contributed by atoms with Crippen molar-refractivity contribution in [3.8, 4) is 0 Å². The van der Waals surface area contributed by atoms with E-state index in [0.29, 0.717) is 19.7 Å². The van der Waals surface area contributed by atoms with E-state index in [1.165, 1.54) is 19.4 Å². The first-order valence-corrected chi connectivity index (χ1v) is 8.45. The summed E-state index contributed by atoms with van der Waals surface area (Å²) in [7, 11) is -2.30. The van der Waals surface area contributed by atoms with Crippen molar-refractivity contribution < 1.29 is 17.9 Å². The van der Waals surface area contributed by atoms with E-state index >= 15 is 0 Å². The predicted molar refractivity (Wildman–Crippen MR) is 79.5 cm³/mol. The number of unbranched alkanes of at least 4 members (excludes halogenated alkanes) is 2. The lowest BCUT2D eigenvalue weighted by atomic mass is 10.2. The van der Waals surface area contributed by atoms with Crippen LogP contribution in [0.15, 0.2) is 17.2 Å². The molecule has 0 aliphatic carbocycles. The van der Waals surface area contributed by atoms with Crippen LogP contribution in [-0.2, 0) is 21.3 Å². The molecule has 1 rings (SSSR count). The molecule has 1 amide bonds. The lowest BCUT2D eigenvalue weighted by molar-refractivity contribution is 0.0941. The van der Waals surface area contributed by atoms with E-state index < -0.39 is 10.0 Å². The van der Waals surface area contributed by atoms with Gasteiger partial charge in [-0.2, -0.15) is 0 Å². The standard InChI is InChI=1S/C13H23N3O4S/c1-3-4-5-6-15-13(17)12-9-11(21(14,18)19)10-16(12)7-8-20-2/h9-10H,3-8H2,1-2H3,(H,15,17)(H2,14,18,19). The van der Waals surface area contributed by atoms with Crippen LogP contribution >= 0.6 is 0 Å². The van der Waals surface area contributed by atoms with Gasteiger partial charge in [0.05, 0.1) is 6.61 Å². The molecule has 0 radical (unpaired) electrons. The third kappa shape index (κ3) is 5.49. The zero-order valence-corrected chi connectivity index (χ0v) is 13.3. The second-order valence-electron chi connectivity index (χ2n) is 4.76. The highest BCUT2D eigenvalue weighted by Gasteiger charge is 2.18. The number of hydrogen-bond acceptors (Lipinski definition) is 4. The Morgan fingerprint density at radius 1 is 1.43 bits per heavy atom. The van der Waals surface area contributed by atoms with Crippen molar-refractivity contribution in [2.24, 2.45) is 5.14 Å². The summed E-state index contributed by atoms with van der Waals surface area (Å²) in [5, 5.41) is 7.88. The Morgan fingerprint density at radius 2 is 2.14 bits per heavy atom. The SMILES string of the molecule is CCCCCNC(=O)c1cc(S(N)(=O)=O)cn1CCOC. The summed E-state index contributed by atoms with van der Waals surface area (Å²) in [4.78, 5) is 12.1. The highest BCUT2D eigenvalue weighted by molar-refractivity contribution is 7.89. The van der Waals surface area contributed by atoms with E-state index in [4.69, 9.17) is 9.88 Å². The molecule has 21 heavy (non-hydrogen) atoms. The van der Waals surface area contributed by atoms with Gasteiger partial charge in [-0.25, -0.2) is 13.6 Å². The van der Waals surface area contributed by atoms with Crippen LogP contribution in [-0.4, -0.2) is 39.2 Å². The quantitative estimate of drug-likeness (QED) is 0.654. The van der Waals surface area contributed by atoms with Crippen molar-refractivity contribution in [2.45, 2.75) is 37.6 Å². The Morgan fingerprint density at radius 3 is 2.71 bits per heavy atom. The summed E-state index contributed by atoms with van der Waals surface area (Å²) >= 11 is 0. The third-order valence-corrected chi connectivity index (χ3v) is 3.92. The van der Waals surface area contributed by atoms with Crippen molar-refractivity contribution in [1.82, 2.24) is 9.88 Å². The maximum Gasteiger partial charge on any atom is 0.267 e. The Balaban J connectivity index is 2.86. The van der Waals surface area contributed by atoms with Crippen molar-refractivity contribution in [1.29, 1.82) is 0 Å². The van der Waals surface area contributed by atoms with Gasteiger partial charge in [0, 0.05) is 26.4 Å². The molecule has 0 aromatic carbocycles. The molecule has 120 valence electrons. The highest BCUT2D eigenvalue weighted by Crippen LogP contribution is 2.13. The van der Waals surface area contributed by atoms with Gasteiger partial charge >= 0.3 is 0 Å². The number of nitrogens with two attached hydrogens (primary N) is 1. The largest absolute Gasteiger partial charge is 0.383 e. The number of amides is 1. The Bertz CT molecular complexity index is 566. The maximum absolute atomic E-state index is 12.1. The number of nitrogens with one attached hydrogen (secondary N) is 1. The number of ether oxygens (including phenoxy) is 1. The topological polar surface area (TPSA) is 103 Å². The fourth-order valence-electron chi connectivity index (χ4n) is 1.87. The fourth-order valence-corrected chi connectivity index (χ4v) is 2.42. The summed E-state index contributed by atoms with van der Waals surface area (Å²) in [6.45, 7) is 3.39. The maximum atomic E-state index is 12.1. The molecule has 0 spiro atoms. The van der Waals surface area contributed by atoms with Gasteiger partial charge in [-0.3, -0.25) is 4.79 Å². The molecule has 0 fully saturated rings. The van der Waals surface area contributed by atoms with Gasteiger partial charge in [0.2, 0.25) is 10.0 Å². The Hall–Kier alpha value is -1.38. The Labute approximate surface area is 125 Å². The first-order chi connectivity index (χ1) is 9.90. The molecule has 1 aromatic rings. The van der Waals surface area contributed by atoms with Gasteiger partial charge in [0.25, 0.3) is 5.91 Å². The lowest BCUT2D eigenvalue weighted by Crippen LogP contribution is -2.27. The van der Waals surface area contributed by atoms with E-state index in [1.807, 2.05) is 0 Å². The van der Waals surface area contributed by atoms with Gasteiger partial charge in [0.15, 0.2) is 0 Å². The number of carbonyl (C=O) groups is 1. The molecular formula is C13H23N3O4S. The molecule has 0 saturated carbocycles. The van der Waals surface area contributed by atoms with Crippen LogP contribution in [0.5, 0.6) is 0 Å². The van der Waals surface area contributed by atoms with Crippen LogP contribution in [0.4, 0.5) is 0 Å². The van der Waals surface area contributed by atoms with E-state index in [-0.39, 0.29) is 16.5 Å². The number of methoxy groups -OCH3 is 1. The molecule has 1 heterocycles. The zero-order valence-electron chi connectivity index (χ0n) is 12.5. The molecule has 1 aromatic heterocycles. The Kier molecular flexibility index (Phi) is 6.86. The normalized spacial score (nSPS) is 11.6. The molecule has 8 heteroatoms. The second kappa shape index (κ2) is 8.16. The van der Waals surface area contributed by atoms with E-state index in [2.05, 4.69) is 12.2 Å². The highest BCUT2D eigenvalue weighted by atomic mass is 32.2. The van der Waals surface area contributed by atoms with Crippen molar-refractivity contribution in [3.63, 3.8) is 0 Å². The molecule has 0 bridgehead atoms. The number of rotatable bonds is 9. The van der Waals surface area contributed by atoms with Crippen LogP contribution in [0.2, 0.25) is 0 Å². The van der Waals surface area contributed by atoms with Crippen molar-refractivity contribution >= 4 is 15.9 Å². The molecule has 0 saturated heterocycles. The summed E-state index contributed by atoms with van der Waals surface area (Å²) < 4.78 is 29.3. The molecule has 0 unspecified atom stereocenters. The average molecular weight is 317 g/mol. The van der Waals surface area contributed by atoms with E-state index in [1.54, 1.807) is 4.57 Å². The summed E-state index contributed by atoms with van der Waals surface area (Å²) in [6.07, 6.45) is 4.35. The van der Waals surface area contributed by atoms with E-state index in [9.17, 15) is 13.2 Å². The fraction of sp³-hybridized carbons (Fsp3) is 0.615. The van der Waals surface area contributed by atoms with Crippen molar-refractivity contribution in [3.05, 3.63) is 18.0 Å². The average Bonchev–Trinajstić information content (AvgIpc) is 2.85. The first-order valence-electron chi connectivity index (χ1n) is 6.90. The predicted octanol–water partition coefficient (Wildman–Crippen LogP) is 0.702. The molecule has 0 atom stereocenters. The van der Waals surface area contributed by atoms with Gasteiger partial charge in [0.1, 0.15) is 10.6 Å². The molecule has 0 aliphatic heterocycles. The second-order valence-corrected chi connectivity index (χ2v) is 6.32. The zero-order chi connectivity index (χ0) is 15.9. The molecular weight excluding hydrogens is 294 g/mol. The third-order valence-electron chi connectivity index (χ3n) is 3.03. The minimum Gasteiger partial charge on any atom is -0.383 e. The monoisotopic (exact) mass is 317 g/mol. The number of aromatic nitrogens is 1. The summed E-state index contributed by atoms with van der Waals surface area (Å²) in [5.74, 6) is -0.308. The number of carbonyl (C=O) groups excluding carboxylic acids is 1. The summed E-state index contributed by atoms with van der Waals surface area (Å²) in [6, 6.07) is 1.29.